The van der Waals surface area contributed by atoms with E-state index in [9.17, 15) is 5.11 Å². The van der Waals surface area contributed by atoms with Gasteiger partial charge in [0, 0.05) is 22.9 Å². The van der Waals surface area contributed by atoms with Gasteiger partial charge in [0.25, 0.3) is 0 Å². The summed E-state index contributed by atoms with van der Waals surface area (Å²) in [5.74, 6) is 2.27. The van der Waals surface area contributed by atoms with E-state index in [-0.39, 0.29) is 17.1 Å². The van der Waals surface area contributed by atoms with Crippen LogP contribution in [0.25, 0.3) is 0 Å². The van der Waals surface area contributed by atoms with E-state index >= 15 is 0 Å². The molecular formula is C19H30O3S2. The van der Waals surface area contributed by atoms with Crippen molar-refractivity contribution in [3.63, 3.8) is 0 Å². The number of aliphatic hydroxyl groups excluding tert-OH is 1. The highest BCUT2D eigenvalue weighted by Crippen LogP contribution is 2.46. The van der Waals surface area contributed by atoms with Crippen molar-refractivity contribution in [1.29, 1.82) is 0 Å². The largest absolute Gasteiger partial charge is 0.392 e. The summed E-state index contributed by atoms with van der Waals surface area (Å²) in [5, 5.41) is 10.9. The van der Waals surface area contributed by atoms with E-state index < -0.39 is 0 Å². The quantitative estimate of drug-likeness (QED) is 0.482. The second-order valence-corrected chi connectivity index (χ2v) is 8.86. The van der Waals surface area contributed by atoms with Crippen LogP contribution in [-0.4, -0.2) is 47.0 Å². The third-order valence-electron chi connectivity index (χ3n) is 4.39. The first-order valence-corrected chi connectivity index (χ1v) is 10.9. The van der Waals surface area contributed by atoms with Gasteiger partial charge in [-0.3, -0.25) is 0 Å². The monoisotopic (exact) mass is 370 g/mol. The van der Waals surface area contributed by atoms with Crippen molar-refractivity contribution >= 4 is 23.5 Å². The van der Waals surface area contributed by atoms with Gasteiger partial charge in [0.15, 0.2) is 6.29 Å². The molecule has 3 nitrogen and oxygen atoms in total. The second kappa shape index (κ2) is 10.7. The number of rotatable bonds is 10. The summed E-state index contributed by atoms with van der Waals surface area (Å²) in [4.78, 5) is 1.25. The Bertz CT molecular complexity index is 449. The topological polar surface area (TPSA) is 38.7 Å². The van der Waals surface area contributed by atoms with Crippen LogP contribution in [0.3, 0.4) is 0 Å². The van der Waals surface area contributed by atoms with Crippen LogP contribution in [0.2, 0.25) is 0 Å². The molecule has 0 saturated carbocycles. The van der Waals surface area contributed by atoms with Gasteiger partial charge in [-0.15, -0.1) is 11.8 Å². The molecule has 2 unspecified atom stereocenters. The minimum Gasteiger partial charge on any atom is -0.392 e. The molecule has 5 heteroatoms. The third-order valence-corrected chi connectivity index (χ3v) is 6.97. The fourth-order valence-corrected chi connectivity index (χ4v) is 5.92. The van der Waals surface area contributed by atoms with Gasteiger partial charge >= 0.3 is 0 Å². The molecule has 1 aliphatic rings. The van der Waals surface area contributed by atoms with E-state index in [1.807, 2.05) is 43.4 Å². The molecule has 0 aliphatic carbocycles. The van der Waals surface area contributed by atoms with E-state index in [0.717, 1.165) is 37.2 Å². The normalized spacial score (nSPS) is 19.8. The van der Waals surface area contributed by atoms with E-state index in [1.54, 1.807) is 0 Å². The summed E-state index contributed by atoms with van der Waals surface area (Å²) in [7, 11) is 0. The molecule has 24 heavy (non-hydrogen) atoms. The Morgan fingerprint density at radius 2 is 1.92 bits per heavy atom. The molecule has 0 aromatic heterocycles. The van der Waals surface area contributed by atoms with E-state index in [4.69, 9.17) is 9.47 Å². The van der Waals surface area contributed by atoms with Crippen LogP contribution in [0.15, 0.2) is 35.2 Å². The van der Waals surface area contributed by atoms with Crippen LogP contribution in [0.4, 0.5) is 0 Å². The molecule has 1 saturated heterocycles. The molecule has 0 spiro atoms. The highest BCUT2D eigenvalue weighted by molar-refractivity contribution is 8.01. The van der Waals surface area contributed by atoms with Crippen LogP contribution in [-0.2, 0) is 9.47 Å². The number of hydrogen-bond acceptors (Lipinski definition) is 5. The van der Waals surface area contributed by atoms with Crippen molar-refractivity contribution < 1.29 is 14.6 Å². The molecule has 1 aromatic rings. The summed E-state index contributed by atoms with van der Waals surface area (Å²) in [6.07, 6.45) is 3.32. The van der Waals surface area contributed by atoms with Crippen LogP contribution < -0.4 is 0 Å². The Morgan fingerprint density at radius 1 is 1.21 bits per heavy atom. The molecule has 0 radical (unpaired) electrons. The van der Waals surface area contributed by atoms with Crippen molar-refractivity contribution in [1.82, 2.24) is 0 Å². The predicted molar refractivity (Wildman–Crippen MR) is 104 cm³/mol. The Labute approximate surface area is 154 Å². The lowest BCUT2D eigenvalue weighted by atomic mass is 9.91. The Balaban J connectivity index is 1.87. The maximum absolute atomic E-state index is 10.9. The maximum atomic E-state index is 10.9. The first kappa shape index (κ1) is 20.1. The number of thioether (sulfide) groups is 2. The Hall–Kier alpha value is -0.200. The molecule has 2 rings (SSSR count). The van der Waals surface area contributed by atoms with Crippen molar-refractivity contribution in [3.8, 4) is 0 Å². The van der Waals surface area contributed by atoms with Gasteiger partial charge in [-0.2, -0.15) is 11.8 Å². The molecule has 0 bridgehead atoms. The first-order chi connectivity index (χ1) is 11.7. The highest BCUT2D eigenvalue weighted by atomic mass is 32.2. The van der Waals surface area contributed by atoms with Crippen molar-refractivity contribution in [2.75, 3.05) is 24.7 Å². The second-order valence-electron chi connectivity index (χ2n) is 6.14. The zero-order valence-corrected chi connectivity index (χ0v) is 16.4. The maximum Gasteiger partial charge on any atom is 0.154 e. The molecule has 1 N–H and O–H groups in total. The van der Waals surface area contributed by atoms with Crippen LogP contribution in [0.1, 0.15) is 39.5 Å². The molecule has 1 aromatic carbocycles. The van der Waals surface area contributed by atoms with E-state index in [1.165, 1.54) is 4.90 Å². The molecule has 2 atom stereocenters. The van der Waals surface area contributed by atoms with Gasteiger partial charge in [0.05, 0.1) is 6.10 Å². The summed E-state index contributed by atoms with van der Waals surface area (Å²) < 4.78 is 10.9. The number of hydrogen-bond donors (Lipinski definition) is 1. The third kappa shape index (κ3) is 6.26. The lowest BCUT2D eigenvalue weighted by molar-refractivity contribution is -0.128. The van der Waals surface area contributed by atoms with Gasteiger partial charge in [-0.25, -0.2) is 0 Å². The Morgan fingerprint density at radius 3 is 2.58 bits per heavy atom. The number of aliphatic hydroxyl groups is 1. The summed E-state index contributed by atoms with van der Waals surface area (Å²) in [6, 6.07) is 10.5. The standard InChI is InChI=1S/C19H30O3S2/c1-3-21-16(2)22-13-7-10-18(20)19(11-14-23-15-12-19)24-17-8-5-4-6-9-17/h4-6,8-9,16,18,20H,3,7,10-15H2,1-2H3. The van der Waals surface area contributed by atoms with Gasteiger partial charge in [0.1, 0.15) is 0 Å². The van der Waals surface area contributed by atoms with Gasteiger partial charge in [0.2, 0.25) is 0 Å². The molecule has 1 heterocycles. The first-order valence-electron chi connectivity index (χ1n) is 8.89. The zero-order chi connectivity index (χ0) is 17.3. The summed E-state index contributed by atoms with van der Waals surface area (Å²) in [5.41, 5.74) is 0. The molecule has 0 amide bonds. The van der Waals surface area contributed by atoms with Crippen LogP contribution in [0, 0.1) is 0 Å². The smallest absolute Gasteiger partial charge is 0.154 e. The number of ether oxygens (including phenoxy) is 2. The van der Waals surface area contributed by atoms with Gasteiger partial charge in [-0.1, -0.05) is 18.2 Å². The highest BCUT2D eigenvalue weighted by Gasteiger charge is 2.40. The van der Waals surface area contributed by atoms with Gasteiger partial charge in [-0.05, 0) is 63.2 Å². The van der Waals surface area contributed by atoms with Crippen LogP contribution in [0.5, 0.6) is 0 Å². The zero-order valence-electron chi connectivity index (χ0n) is 14.8. The van der Waals surface area contributed by atoms with Crippen LogP contribution >= 0.6 is 23.5 Å². The van der Waals surface area contributed by atoms with Crippen molar-refractivity contribution in [2.24, 2.45) is 0 Å². The minimum atomic E-state index is -0.297. The minimum absolute atomic E-state index is 0.0574. The summed E-state index contributed by atoms with van der Waals surface area (Å²) >= 11 is 3.86. The average Bonchev–Trinajstić information content (AvgIpc) is 2.60. The average molecular weight is 371 g/mol. The molecule has 1 aliphatic heterocycles. The molecule has 136 valence electrons. The van der Waals surface area contributed by atoms with Gasteiger partial charge < -0.3 is 14.6 Å². The summed E-state index contributed by atoms with van der Waals surface area (Å²) in [6.45, 7) is 5.19. The lowest BCUT2D eigenvalue weighted by Gasteiger charge is -2.40. The molecule has 1 fully saturated rings. The van der Waals surface area contributed by atoms with E-state index in [2.05, 4.69) is 24.3 Å². The fourth-order valence-electron chi connectivity index (χ4n) is 3.02. The molecular weight excluding hydrogens is 340 g/mol. The van der Waals surface area contributed by atoms with Crippen molar-refractivity contribution in [2.45, 2.75) is 61.6 Å². The Kier molecular flexibility index (Phi) is 8.98. The van der Waals surface area contributed by atoms with E-state index in [0.29, 0.717) is 13.2 Å². The van der Waals surface area contributed by atoms with Crippen molar-refractivity contribution in [3.05, 3.63) is 30.3 Å². The fraction of sp³-hybridized carbons (Fsp3) is 0.684. The number of benzene rings is 1. The lowest BCUT2D eigenvalue weighted by Crippen LogP contribution is -2.42. The SMILES string of the molecule is CCOC(C)OCCCC(O)C1(Sc2ccccc2)CCSCC1. The predicted octanol–water partition coefficient (Wildman–Crippen LogP) is 4.58.